The lowest BCUT2D eigenvalue weighted by Gasteiger charge is -2.35. The lowest BCUT2D eigenvalue weighted by atomic mass is 9.79. The average molecular weight is 456 g/mol. The third-order valence-corrected chi connectivity index (χ3v) is 6.42. The van der Waals surface area contributed by atoms with Gasteiger partial charge in [0.25, 0.3) is 5.91 Å². The number of aryl methyl sites for hydroxylation is 2. The molecule has 0 saturated heterocycles. The normalized spacial score (nSPS) is 20.2. The molecule has 1 aliphatic heterocycles. The lowest BCUT2D eigenvalue weighted by molar-refractivity contribution is -0.140. The van der Waals surface area contributed by atoms with E-state index in [1.165, 1.54) is 29.8 Å². The fourth-order valence-electron chi connectivity index (χ4n) is 4.36. The highest BCUT2D eigenvalue weighted by Crippen LogP contribution is 2.34. The van der Waals surface area contributed by atoms with Crippen LogP contribution in [-0.4, -0.2) is 47.3 Å². The number of nitrogens with zero attached hydrogens (tertiary/aromatic N) is 1. The minimum absolute atomic E-state index is 0.135. The maximum absolute atomic E-state index is 13.0. The zero-order valence-electron chi connectivity index (χ0n) is 18.6. The van der Waals surface area contributed by atoms with E-state index in [4.69, 9.17) is 9.72 Å². The van der Waals surface area contributed by atoms with Crippen molar-refractivity contribution in [3.05, 3.63) is 59.0 Å². The van der Waals surface area contributed by atoms with E-state index in [1.807, 2.05) is 0 Å². The summed E-state index contributed by atoms with van der Waals surface area (Å²) < 4.78 is 18.8. The van der Waals surface area contributed by atoms with Crippen LogP contribution in [0.25, 0.3) is 0 Å². The maximum atomic E-state index is 13.0. The molecule has 33 heavy (non-hydrogen) atoms. The average Bonchev–Trinajstić information content (AvgIpc) is 2.79. The van der Waals surface area contributed by atoms with Crippen LogP contribution >= 0.6 is 0 Å². The van der Waals surface area contributed by atoms with Crippen LogP contribution in [0.3, 0.4) is 0 Å². The molecular weight excluding hydrogens is 425 g/mol. The van der Waals surface area contributed by atoms with Gasteiger partial charge in [0.15, 0.2) is 0 Å². The number of hydrogen-bond donors (Lipinski definition) is 3. The van der Waals surface area contributed by atoms with Gasteiger partial charge < -0.3 is 20.5 Å². The van der Waals surface area contributed by atoms with Gasteiger partial charge in [-0.3, -0.25) is 4.79 Å². The van der Waals surface area contributed by atoms with Crippen LogP contribution in [0, 0.1) is 11.7 Å². The number of carbonyl (C=O) groups is 2. The van der Waals surface area contributed by atoms with Gasteiger partial charge in [0.2, 0.25) is 0 Å². The number of carbonyl (C=O) groups excluding carboxylic acids is 1. The number of anilines is 1. The zero-order valence-corrected chi connectivity index (χ0v) is 18.6. The standard InChI is InChI=1S/C25H30FN3O4/c26-19-7-4-18(5-8-19)24(30)29-22(25(31)32)11-13-33-21-14-16(15-21)3-9-20-10-6-17-2-1-12-27-23(17)28-20/h4-8,10,16,21-22H,1-3,9,11-15H2,(H,27,28)(H,29,30)(H,31,32)/t16-,21-,22?. The number of fused-ring (bicyclic) bond motifs is 1. The van der Waals surface area contributed by atoms with E-state index in [0.29, 0.717) is 5.92 Å². The van der Waals surface area contributed by atoms with Crippen molar-refractivity contribution in [3.63, 3.8) is 0 Å². The van der Waals surface area contributed by atoms with Crippen LogP contribution in [0.5, 0.6) is 0 Å². The van der Waals surface area contributed by atoms with Crippen molar-refractivity contribution >= 4 is 17.7 Å². The van der Waals surface area contributed by atoms with Gasteiger partial charge in [0.05, 0.1) is 6.10 Å². The Morgan fingerprint density at radius 1 is 1.21 bits per heavy atom. The Balaban J connectivity index is 1.14. The molecule has 1 saturated carbocycles. The fraction of sp³-hybridized carbons (Fsp3) is 0.480. The topological polar surface area (TPSA) is 101 Å². The number of aliphatic carboxylic acids is 1. The third-order valence-electron chi connectivity index (χ3n) is 6.42. The summed E-state index contributed by atoms with van der Waals surface area (Å²) in [6, 6.07) is 8.24. The highest BCUT2D eigenvalue weighted by Gasteiger charge is 2.30. The SMILES string of the molecule is O=C(NC(CCO[C@H]1C[C@H](CCc2ccc3c(n2)NCCC3)C1)C(=O)O)c1ccc(F)cc1. The van der Waals surface area contributed by atoms with E-state index in [0.717, 1.165) is 56.6 Å². The molecule has 1 aliphatic carbocycles. The first-order valence-electron chi connectivity index (χ1n) is 11.6. The number of carboxylic acid groups (broad SMARTS) is 1. The molecule has 1 aromatic heterocycles. The third kappa shape index (κ3) is 6.28. The van der Waals surface area contributed by atoms with Gasteiger partial charge in [0.1, 0.15) is 17.7 Å². The summed E-state index contributed by atoms with van der Waals surface area (Å²) in [5, 5.41) is 15.3. The molecule has 2 heterocycles. The second-order valence-corrected chi connectivity index (χ2v) is 8.87. The predicted octanol–water partition coefficient (Wildman–Crippen LogP) is 3.58. The van der Waals surface area contributed by atoms with E-state index in [9.17, 15) is 19.1 Å². The number of ether oxygens (including phenoxy) is 1. The van der Waals surface area contributed by atoms with Crippen LogP contribution in [-0.2, 0) is 22.4 Å². The molecule has 1 aromatic carbocycles. The summed E-state index contributed by atoms with van der Waals surface area (Å²) in [6.07, 6.45) is 6.50. The van der Waals surface area contributed by atoms with Crippen LogP contribution in [0.2, 0.25) is 0 Å². The first kappa shape index (κ1) is 23.2. The fourth-order valence-corrected chi connectivity index (χ4v) is 4.36. The second kappa shape index (κ2) is 10.7. The Kier molecular flexibility index (Phi) is 7.54. The Hall–Kier alpha value is -3.00. The molecule has 2 aliphatic rings. The summed E-state index contributed by atoms with van der Waals surface area (Å²) >= 11 is 0. The number of rotatable bonds is 10. The molecule has 1 fully saturated rings. The first-order chi connectivity index (χ1) is 16.0. The first-order valence-corrected chi connectivity index (χ1v) is 11.6. The summed E-state index contributed by atoms with van der Waals surface area (Å²) in [7, 11) is 0. The zero-order chi connectivity index (χ0) is 23.2. The molecule has 8 heteroatoms. The van der Waals surface area contributed by atoms with Crippen molar-refractivity contribution in [2.75, 3.05) is 18.5 Å². The van der Waals surface area contributed by atoms with Gasteiger partial charge in [-0.2, -0.15) is 0 Å². The molecule has 0 spiro atoms. The van der Waals surface area contributed by atoms with Gasteiger partial charge >= 0.3 is 5.97 Å². The molecule has 0 radical (unpaired) electrons. The molecule has 2 aromatic rings. The number of halogens is 1. The minimum Gasteiger partial charge on any atom is -0.480 e. The van der Waals surface area contributed by atoms with Gasteiger partial charge in [-0.15, -0.1) is 0 Å². The monoisotopic (exact) mass is 455 g/mol. The van der Waals surface area contributed by atoms with Gasteiger partial charge in [-0.25, -0.2) is 14.2 Å². The summed E-state index contributed by atoms with van der Waals surface area (Å²) in [5.74, 6) is -0.489. The van der Waals surface area contributed by atoms with Crippen LogP contribution in [0.4, 0.5) is 10.2 Å². The molecule has 0 bridgehead atoms. The van der Waals surface area contributed by atoms with E-state index < -0.39 is 23.7 Å². The van der Waals surface area contributed by atoms with Gasteiger partial charge in [-0.05, 0) is 80.3 Å². The van der Waals surface area contributed by atoms with Crippen molar-refractivity contribution < 1.29 is 23.8 Å². The summed E-state index contributed by atoms with van der Waals surface area (Å²) in [4.78, 5) is 28.4. The molecule has 4 rings (SSSR count). The van der Waals surface area contributed by atoms with Crippen molar-refractivity contribution in [1.82, 2.24) is 10.3 Å². The largest absolute Gasteiger partial charge is 0.480 e. The van der Waals surface area contributed by atoms with Crippen LogP contribution in [0.1, 0.15) is 53.7 Å². The van der Waals surface area contributed by atoms with Gasteiger partial charge in [-0.1, -0.05) is 6.07 Å². The summed E-state index contributed by atoms with van der Waals surface area (Å²) in [6.45, 7) is 1.25. The summed E-state index contributed by atoms with van der Waals surface area (Å²) in [5.41, 5.74) is 2.64. The van der Waals surface area contributed by atoms with Crippen molar-refractivity contribution in [2.24, 2.45) is 5.92 Å². The van der Waals surface area contributed by atoms with E-state index in [-0.39, 0.29) is 24.7 Å². The Morgan fingerprint density at radius 3 is 2.76 bits per heavy atom. The second-order valence-electron chi connectivity index (χ2n) is 8.87. The van der Waals surface area contributed by atoms with Crippen LogP contribution < -0.4 is 10.6 Å². The minimum atomic E-state index is -1.12. The van der Waals surface area contributed by atoms with Gasteiger partial charge in [0, 0.05) is 30.8 Å². The molecule has 1 unspecified atom stereocenters. The van der Waals surface area contributed by atoms with Crippen LogP contribution in [0.15, 0.2) is 36.4 Å². The van der Waals surface area contributed by atoms with E-state index in [1.54, 1.807) is 0 Å². The smallest absolute Gasteiger partial charge is 0.326 e. The molecule has 3 N–H and O–H groups in total. The van der Waals surface area contributed by atoms with E-state index >= 15 is 0 Å². The number of nitrogens with one attached hydrogen (secondary N) is 2. The molecular formula is C25H30FN3O4. The number of pyridine rings is 1. The lowest BCUT2D eigenvalue weighted by Crippen LogP contribution is -2.42. The molecule has 7 nitrogen and oxygen atoms in total. The highest BCUT2D eigenvalue weighted by molar-refractivity contribution is 5.96. The number of benzene rings is 1. The quantitative estimate of drug-likeness (QED) is 0.506. The number of carboxylic acids is 1. The Morgan fingerprint density at radius 2 is 2.00 bits per heavy atom. The van der Waals surface area contributed by atoms with E-state index in [2.05, 4.69) is 22.8 Å². The molecule has 1 atom stereocenters. The van der Waals surface area contributed by atoms with Crippen molar-refractivity contribution in [2.45, 2.75) is 57.1 Å². The van der Waals surface area contributed by atoms with Crippen molar-refractivity contribution in [1.29, 1.82) is 0 Å². The number of aromatic nitrogens is 1. The predicted molar refractivity (Wildman–Crippen MR) is 122 cm³/mol. The Bertz CT molecular complexity index is 976. The highest BCUT2D eigenvalue weighted by atomic mass is 19.1. The number of hydrogen-bond acceptors (Lipinski definition) is 5. The van der Waals surface area contributed by atoms with Crippen molar-refractivity contribution in [3.8, 4) is 0 Å². The maximum Gasteiger partial charge on any atom is 0.326 e. The Labute approximate surface area is 192 Å². The number of amides is 1. The molecule has 176 valence electrons. The molecule has 1 amide bonds.